The maximum Gasteiger partial charge on any atom is 0.270 e. The van der Waals surface area contributed by atoms with Gasteiger partial charge in [0.2, 0.25) is 0 Å². The number of nitro benzene ring substituents is 1. The van der Waals surface area contributed by atoms with Crippen LogP contribution < -0.4 is 10.2 Å². The summed E-state index contributed by atoms with van der Waals surface area (Å²) in [6.45, 7) is 1.64. The Morgan fingerprint density at radius 1 is 1.19 bits per heavy atom. The largest absolute Gasteiger partial charge is 0.371 e. The maximum atomic E-state index is 12.9. The van der Waals surface area contributed by atoms with Gasteiger partial charge in [0.25, 0.3) is 11.6 Å². The molecule has 0 unspecified atom stereocenters. The van der Waals surface area contributed by atoms with Crippen molar-refractivity contribution >= 4 is 39.7 Å². The number of amides is 1. The average Bonchev–Trinajstić information content (AvgIpc) is 3.44. The molecule has 2 aliphatic rings. The van der Waals surface area contributed by atoms with Gasteiger partial charge in [0, 0.05) is 41.4 Å². The van der Waals surface area contributed by atoms with E-state index < -0.39 is 10.8 Å². The minimum absolute atomic E-state index is 0.102. The zero-order valence-electron chi connectivity index (χ0n) is 17.4. The van der Waals surface area contributed by atoms with Gasteiger partial charge < -0.3 is 10.2 Å². The highest BCUT2D eigenvalue weighted by Crippen LogP contribution is 2.38. The van der Waals surface area contributed by atoms with Gasteiger partial charge >= 0.3 is 0 Å². The summed E-state index contributed by atoms with van der Waals surface area (Å²) in [5, 5.41) is 33.8. The molecule has 1 amide bonds. The lowest BCUT2D eigenvalue weighted by molar-refractivity contribution is -0.384. The Labute approximate surface area is 189 Å². The van der Waals surface area contributed by atoms with Crippen molar-refractivity contribution in [2.24, 2.45) is 0 Å². The molecule has 32 heavy (non-hydrogen) atoms. The number of hydrogen-bond acceptors (Lipinski definition) is 7. The van der Waals surface area contributed by atoms with Gasteiger partial charge in [-0.25, -0.2) is 0 Å². The van der Waals surface area contributed by atoms with E-state index in [1.807, 2.05) is 6.07 Å². The molecule has 0 radical (unpaired) electrons. The van der Waals surface area contributed by atoms with Crippen LogP contribution in [0.25, 0.3) is 6.08 Å². The Hall–Kier alpha value is -3.69. The third kappa shape index (κ3) is 4.20. The van der Waals surface area contributed by atoms with Crippen LogP contribution in [0.3, 0.4) is 0 Å². The molecule has 1 N–H and O–H groups in total. The Morgan fingerprint density at radius 3 is 2.62 bits per heavy atom. The minimum atomic E-state index is -0.624. The second kappa shape index (κ2) is 9.21. The number of fused-ring (bicyclic) bond motifs is 1. The van der Waals surface area contributed by atoms with Gasteiger partial charge in [-0.15, -0.1) is 11.3 Å². The Morgan fingerprint density at radius 2 is 1.94 bits per heavy atom. The molecular formula is C23H21N5O3S. The number of carbonyl (C=O) groups excluding carboxylic acids is 1. The van der Waals surface area contributed by atoms with Crippen LogP contribution in [0.1, 0.15) is 47.3 Å². The highest BCUT2D eigenvalue weighted by molar-refractivity contribution is 7.16. The molecule has 162 valence electrons. The molecule has 1 fully saturated rings. The number of anilines is 2. The van der Waals surface area contributed by atoms with E-state index in [0.717, 1.165) is 67.7 Å². The fourth-order valence-electron chi connectivity index (χ4n) is 4.26. The van der Waals surface area contributed by atoms with Crippen molar-refractivity contribution in [1.29, 1.82) is 10.5 Å². The Balaban J connectivity index is 1.67. The van der Waals surface area contributed by atoms with Crippen LogP contribution in [-0.4, -0.2) is 23.9 Å². The summed E-state index contributed by atoms with van der Waals surface area (Å²) in [5.74, 6) is -0.624. The van der Waals surface area contributed by atoms with Crippen LogP contribution in [-0.2, 0) is 17.6 Å². The zero-order valence-corrected chi connectivity index (χ0v) is 18.2. The molecule has 1 saturated heterocycles. The first-order chi connectivity index (χ1) is 15.5. The van der Waals surface area contributed by atoms with E-state index in [-0.39, 0.29) is 11.3 Å². The average molecular weight is 448 g/mol. The smallest absolute Gasteiger partial charge is 0.270 e. The first kappa shape index (κ1) is 21.5. The van der Waals surface area contributed by atoms with Crippen LogP contribution in [0.2, 0.25) is 0 Å². The first-order valence-electron chi connectivity index (χ1n) is 10.5. The minimum Gasteiger partial charge on any atom is -0.371 e. The molecule has 0 atom stereocenters. The Kier molecular flexibility index (Phi) is 6.20. The predicted octanol–water partition coefficient (Wildman–Crippen LogP) is 4.55. The quantitative estimate of drug-likeness (QED) is 0.310. The third-order valence-electron chi connectivity index (χ3n) is 5.84. The highest BCUT2D eigenvalue weighted by atomic mass is 32.1. The second-order valence-electron chi connectivity index (χ2n) is 7.85. The summed E-state index contributed by atoms with van der Waals surface area (Å²) in [4.78, 5) is 26.9. The number of non-ortho nitro benzene ring substituents is 1. The Bertz CT molecular complexity index is 1200. The fraction of sp³-hybridized carbons (Fsp3) is 0.348. The highest BCUT2D eigenvalue weighted by Gasteiger charge is 2.24. The van der Waals surface area contributed by atoms with Crippen molar-refractivity contribution in [3.63, 3.8) is 0 Å². The summed E-state index contributed by atoms with van der Waals surface area (Å²) in [6.07, 6.45) is 7.21. The number of carbonyl (C=O) groups is 1. The number of nitrogens with one attached hydrogen (secondary N) is 1. The van der Waals surface area contributed by atoms with Crippen LogP contribution in [0.4, 0.5) is 16.4 Å². The molecule has 0 bridgehead atoms. The van der Waals surface area contributed by atoms with Gasteiger partial charge in [-0.1, -0.05) is 0 Å². The van der Waals surface area contributed by atoms with Crippen LogP contribution in [0.5, 0.6) is 0 Å². The molecule has 2 aromatic rings. The first-order valence-corrected chi connectivity index (χ1v) is 11.3. The normalized spacial score (nSPS) is 15.6. The summed E-state index contributed by atoms with van der Waals surface area (Å²) in [6, 6.07) is 8.61. The molecule has 1 aromatic carbocycles. The van der Waals surface area contributed by atoms with Gasteiger partial charge in [0.05, 0.1) is 10.5 Å². The molecule has 1 aliphatic carbocycles. The van der Waals surface area contributed by atoms with Gasteiger partial charge in [0.1, 0.15) is 22.7 Å². The monoisotopic (exact) mass is 447 g/mol. The lowest BCUT2D eigenvalue weighted by Crippen LogP contribution is -2.19. The van der Waals surface area contributed by atoms with E-state index in [1.54, 1.807) is 6.07 Å². The van der Waals surface area contributed by atoms with E-state index in [2.05, 4.69) is 16.3 Å². The molecular weight excluding hydrogens is 426 g/mol. The van der Waals surface area contributed by atoms with Crippen LogP contribution >= 0.6 is 11.3 Å². The molecule has 1 aliphatic heterocycles. The summed E-state index contributed by atoms with van der Waals surface area (Å²) < 4.78 is 0. The molecule has 1 aromatic heterocycles. The number of rotatable bonds is 5. The fourth-order valence-corrected chi connectivity index (χ4v) is 5.50. The molecule has 2 heterocycles. The van der Waals surface area contributed by atoms with Gasteiger partial charge in [-0.2, -0.15) is 10.5 Å². The number of hydrogen-bond donors (Lipinski definition) is 1. The lowest BCUT2D eigenvalue weighted by atomic mass is 9.96. The number of aryl methyl sites for hydroxylation is 1. The van der Waals surface area contributed by atoms with Crippen molar-refractivity contribution in [3.8, 4) is 12.1 Å². The summed E-state index contributed by atoms with van der Waals surface area (Å²) >= 11 is 1.39. The van der Waals surface area contributed by atoms with Crippen molar-refractivity contribution in [2.45, 2.75) is 38.5 Å². The van der Waals surface area contributed by atoms with E-state index in [9.17, 15) is 25.4 Å². The SMILES string of the molecule is N#C/C(=C/c1cc([N+](=O)[O-])ccc1N1CCCC1)C(=O)Nc1sc2c(c1C#N)CCCC2. The number of nitro groups is 1. The van der Waals surface area contributed by atoms with Gasteiger partial charge in [-0.05, 0) is 56.2 Å². The predicted molar refractivity (Wildman–Crippen MR) is 122 cm³/mol. The number of benzene rings is 1. The standard InChI is InChI=1S/C23H21N5O3S/c24-13-16(22(29)26-23-19(14-25)18-5-1-2-6-21(18)32-23)11-15-12-17(28(30)31)7-8-20(15)27-9-3-4-10-27/h7-8,11-12H,1-6,9-10H2,(H,26,29)/b16-11-. The maximum absolute atomic E-state index is 12.9. The molecule has 8 nitrogen and oxygen atoms in total. The van der Waals surface area contributed by atoms with Gasteiger partial charge in [0.15, 0.2) is 0 Å². The molecule has 0 saturated carbocycles. The van der Waals surface area contributed by atoms with Crippen molar-refractivity contribution < 1.29 is 9.72 Å². The topological polar surface area (TPSA) is 123 Å². The molecule has 0 spiro atoms. The van der Waals surface area contributed by atoms with Crippen molar-refractivity contribution in [1.82, 2.24) is 0 Å². The van der Waals surface area contributed by atoms with Gasteiger partial charge in [-0.3, -0.25) is 14.9 Å². The number of nitrogens with zero attached hydrogens (tertiary/aromatic N) is 4. The van der Waals surface area contributed by atoms with Crippen LogP contribution in [0, 0.1) is 32.8 Å². The molecule has 4 rings (SSSR count). The molecule has 9 heteroatoms. The third-order valence-corrected chi connectivity index (χ3v) is 7.05. The zero-order chi connectivity index (χ0) is 22.7. The van der Waals surface area contributed by atoms with E-state index in [0.29, 0.717) is 16.1 Å². The number of nitriles is 2. The summed E-state index contributed by atoms with van der Waals surface area (Å²) in [7, 11) is 0. The van der Waals surface area contributed by atoms with Crippen molar-refractivity contribution in [2.75, 3.05) is 23.3 Å². The van der Waals surface area contributed by atoms with Crippen LogP contribution in [0.15, 0.2) is 23.8 Å². The summed E-state index contributed by atoms with van der Waals surface area (Å²) in [5.41, 5.74) is 2.42. The van der Waals surface area contributed by atoms with E-state index >= 15 is 0 Å². The second-order valence-corrected chi connectivity index (χ2v) is 8.95. The van der Waals surface area contributed by atoms with E-state index in [1.165, 1.54) is 29.5 Å². The van der Waals surface area contributed by atoms with E-state index in [4.69, 9.17) is 0 Å². The van der Waals surface area contributed by atoms with Crippen molar-refractivity contribution in [3.05, 3.63) is 55.5 Å². The number of thiophene rings is 1. The lowest BCUT2D eigenvalue weighted by Gasteiger charge is -2.20.